The van der Waals surface area contributed by atoms with Crippen LogP contribution in [0, 0.1) is 0 Å². The van der Waals surface area contributed by atoms with Gasteiger partial charge in [-0.15, -0.1) is 0 Å². The Morgan fingerprint density at radius 1 is 1.22 bits per heavy atom. The van der Waals surface area contributed by atoms with Crippen LogP contribution in [0.15, 0.2) is 18.2 Å². The Balaban J connectivity index is 2.14. The van der Waals surface area contributed by atoms with Crippen LogP contribution >= 0.6 is 11.6 Å². The maximum Gasteiger partial charge on any atom is 0.253 e. The molecule has 3 nitrogen and oxygen atoms in total. The first-order valence-electron chi connectivity index (χ1n) is 6.35. The molecule has 18 heavy (non-hydrogen) atoms. The molecule has 0 aliphatic carbocycles. The maximum absolute atomic E-state index is 12.3. The molecule has 98 valence electrons. The van der Waals surface area contributed by atoms with Crippen molar-refractivity contribution in [3.63, 3.8) is 0 Å². The molecular weight excluding hydrogens is 250 g/mol. The van der Waals surface area contributed by atoms with E-state index < -0.39 is 0 Å². The second-order valence-electron chi connectivity index (χ2n) is 4.56. The summed E-state index contributed by atoms with van der Waals surface area (Å²) in [5.74, 6) is 0.672. The van der Waals surface area contributed by atoms with Crippen molar-refractivity contribution in [3.8, 4) is 5.75 Å². The van der Waals surface area contributed by atoms with Crippen molar-refractivity contribution >= 4 is 17.5 Å². The van der Waals surface area contributed by atoms with Crippen LogP contribution in [0.5, 0.6) is 5.75 Å². The molecule has 0 atom stereocenters. The molecule has 2 rings (SSSR count). The van der Waals surface area contributed by atoms with Gasteiger partial charge in [0.1, 0.15) is 5.75 Å². The smallest absolute Gasteiger partial charge is 0.253 e. The minimum atomic E-state index is 0.0708. The van der Waals surface area contributed by atoms with Gasteiger partial charge in [-0.2, -0.15) is 0 Å². The molecule has 1 saturated heterocycles. The van der Waals surface area contributed by atoms with Gasteiger partial charge in [-0.3, -0.25) is 4.79 Å². The van der Waals surface area contributed by atoms with Crippen molar-refractivity contribution in [2.45, 2.75) is 25.7 Å². The predicted molar refractivity (Wildman–Crippen MR) is 72.4 cm³/mol. The van der Waals surface area contributed by atoms with E-state index in [0.717, 1.165) is 25.9 Å². The fourth-order valence-electron chi connectivity index (χ4n) is 2.26. The summed E-state index contributed by atoms with van der Waals surface area (Å²) in [6.07, 6.45) is 4.62. The number of amides is 1. The van der Waals surface area contributed by atoms with E-state index in [-0.39, 0.29) is 5.91 Å². The lowest BCUT2D eigenvalue weighted by atomic mass is 10.2. The standard InChI is InChI=1S/C14H18ClNO2/c1-18-13-7-6-11(10-12(13)15)14(17)16-8-4-2-3-5-9-16/h6-7,10H,2-5,8-9H2,1H3. The molecule has 0 saturated carbocycles. The zero-order valence-electron chi connectivity index (χ0n) is 10.6. The Hall–Kier alpha value is -1.22. The van der Waals surface area contributed by atoms with Crippen molar-refractivity contribution in [1.82, 2.24) is 4.90 Å². The normalized spacial score (nSPS) is 16.2. The van der Waals surface area contributed by atoms with Crippen LogP contribution in [0.25, 0.3) is 0 Å². The minimum absolute atomic E-state index is 0.0708. The molecular formula is C14H18ClNO2. The number of carbonyl (C=O) groups is 1. The highest BCUT2D eigenvalue weighted by Gasteiger charge is 2.18. The summed E-state index contributed by atoms with van der Waals surface area (Å²) in [4.78, 5) is 14.3. The lowest BCUT2D eigenvalue weighted by Gasteiger charge is -2.20. The first-order valence-corrected chi connectivity index (χ1v) is 6.73. The van der Waals surface area contributed by atoms with E-state index in [4.69, 9.17) is 16.3 Å². The number of halogens is 1. The second kappa shape index (κ2) is 6.10. The SMILES string of the molecule is COc1ccc(C(=O)N2CCCCCC2)cc1Cl. The van der Waals surface area contributed by atoms with E-state index in [9.17, 15) is 4.79 Å². The molecule has 1 aliphatic heterocycles. The summed E-state index contributed by atoms with van der Waals surface area (Å²) >= 11 is 6.05. The van der Waals surface area contributed by atoms with E-state index in [0.29, 0.717) is 16.3 Å². The molecule has 0 N–H and O–H groups in total. The topological polar surface area (TPSA) is 29.5 Å². The maximum atomic E-state index is 12.3. The van der Waals surface area contributed by atoms with Crippen LogP contribution in [0.4, 0.5) is 0 Å². The van der Waals surface area contributed by atoms with Gasteiger partial charge in [0.05, 0.1) is 12.1 Å². The molecule has 1 amide bonds. The number of ether oxygens (including phenoxy) is 1. The molecule has 1 aliphatic rings. The van der Waals surface area contributed by atoms with E-state index in [1.807, 2.05) is 4.90 Å². The Bertz CT molecular complexity index is 426. The van der Waals surface area contributed by atoms with Gasteiger partial charge >= 0.3 is 0 Å². The lowest BCUT2D eigenvalue weighted by Crippen LogP contribution is -2.31. The summed E-state index contributed by atoms with van der Waals surface area (Å²) < 4.78 is 5.09. The van der Waals surface area contributed by atoms with Gasteiger partial charge < -0.3 is 9.64 Å². The van der Waals surface area contributed by atoms with Crippen LogP contribution in [-0.4, -0.2) is 31.0 Å². The number of rotatable bonds is 2. The highest BCUT2D eigenvalue weighted by Crippen LogP contribution is 2.25. The van der Waals surface area contributed by atoms with Crippen molar-refractivity contribution in [2.75, 3.05) is 20.2 Å². The Labute approximate surface area is 113 Å². The van der Waals surface area contributed by atoms with Gasteiger partial charge in [0.2, 0.25) is 0 Å². The number of carbonyl (C=O) groups excluding carboxylic acids is 1. The van der Waals surface area contributed by atoms with Crippen LogP contribution < -0.4 is 4.74 Å². The van der Waals surface area contributed by atoms with Gasteiger partial charge in [0, 0.05) is 18.7 Å². The van der Waals surface area contributed by atoms with E-state index in [1.54, 1.807) is 25.3 Å². The fourth-order valence-corrected chi connectivity index (χ4v) is 2.51. The van der Waals surface area contributed by atoms with Gasteiger partial charge in [-0.1, -0.05) is 24.4 Å². The Kier molecular flexibility index (Phi) is 4.48. The summed E-state index contributed by atoms with van der Waals surface area (Å²) in [7, 11) is 1.57. The molecule has 1 heterocycles. The third-order valence-electron chi connectivity index (χ3n) is 3.29. The lowest BCUT2D eigenvalue weighted by molar-refractivity contribution is 0.0761. The third kappa shape index (κ3) is 2.96. The van der Waals surface area contributed by atoms with Crippen molar-refractivity contribution in [3.05, 3.63) is 28.8 Å². The Morgan fingerprint density at radius 2 is 1.89 bits per heavy atom. The van der Waals surface area contributed by atoms with E-state index in [2.05, 4.69) is 0 Å². The van der Waals surface area contributed by atoms with Crippen LogP contribution in [0.3, 0.4) is 0 Å². The number of likely N-dealkylation sites (tertiary alicyclic amines) is 1. The average Bonchev–Trinajstić information content (AvgIpc) is 2.66. The quantitative estimate of drug-likeness (QED) is 0.822. The van der Waals surface area contributed by atoms with Crippen molar-refractivity contribution < 1.29 is 9.53 Å². The number of methoxy groups -OCH3 is 1. The first-order chi connectivity index (χ1) is 8.72. The predicted octanol–water partition coefficient (Wildman–Crippen LogP) is 3.36. The highest BCUT2D eigenvalue weighted by molar-refractivity contribution is 6.32. The molecule has 0 spiro atoms. The van der Waals surface area contributed by atoms with E-state index in [1.165, 1.54) is 12.8 Å². The molecule has 1 aromatic carbocycles. The zero-order valence-corrected chi connectivity index (χ0v) is 11.4. The van der Waals surface area contributed by atoms with Gasteiger partial charge in [-0.05, 0) is 31.0 Å². The Morgan fingerprint density at radius 3 is 2.44 bits per heavy atom. The fraction of sp³-hybridized carbons (Fsp3) is 0.500. The molecule has 0 bridgehead atoms. The summed E-state index contributed by atoms with van der Waals surface area (Å²) in [5.41, 5.74) is 0.641. The third-order valence-corrected chi connectivity index (χ3v) is 3.59. The molecule has 0 aromatic heterocycles. The summed E-state index contributed by atoms with van der Waals surface area (Å²) in [6.45, 7) is 1.70. The molecule has 1 aromatic rings. The molecule has 0 unspecified atom stereocenters. The summed E-state index contributed by atoms with van der Waals surface area (Å²) in [6, 6.07) is 5.21. The minimum Gasteiger partial charge on any atom is -0.495 e. The second-order valence-corrected chi connectivity index (χ2v) is 4.96. The number of benzene rings is 1. The average molecular weight is 268 g/mol. The monoisotopic (exact) mass is 267 g/mol. The van der Waals surface area contributed by atoms with Crippen LogP contribution in [0.2, 0.25) is 5.02 Å². The van der Waals surface area contributed by atoms with Crippen molar-refractivity contribution in [1.29, 1.82) is 0 Å². The molecule has 1 fully saturated rings. The highest BCUT2D eigenvalue weighted by atomic mass is 35.5. The number of hydrogen-bond donors (Lipinski definition) is 0. The van der Waals surface area contributed by atoms with Gasteiger partial charge in [0.15, 0.2) is 0 Å². The molecule has 0 radical (unpaired) electrons. The summed E-state index contributed by atoms with van der Waals surface area (Å²) in [5, 5.41) is 0.484. The van der Waals surface area contributed by atoms with Gasteiger partial charge in [-0.25, -0.2) is 0 Å². The number of hydrogen-bond acceptors (Lipinski definition) is 2. The first kappa shape index (κ1) is 13.2. The number of nitrogens with zero attached hydrogens (tertiary/aromatic N) is 1. The van der Waals surface area contributed by atoms with Crippen LogP contribution in [-0.2, 0) is 0 Å². The van der Waals surface area contributed by atoms with Gasteiger partial charge in [0.25, 0.3) is 5.91 Å². The van der Waals surface area contributed by atoms with Crippen molar-refractivity contribution in [2.24, 2.45) is 0 Å². The zero-order chi connectivity index (χ0) is 13.0. The van der Waals surface area contributed by atoms with E-state index >= 15 is 0 Å². The molecule has 4 heteroatoms. The largest absolute Gasteiger partial charge is 0.495 e. The van der Waals surface area contributed by atoms with Crippen LogP contribution in [0.1, 0.15) is 36.0 Å².